The summed E-state index contributed by atoms with van der Waals surface area (Å²) in [6, 6.07) is 14.5. The average molecular weight is 377 g/mol. The van der Waals surface area contributed by atoms with Gasteiger partial charge in [0.1, 0.15) is 5.82 Å². The summed E-state index contributed by atoms with van der Waals surface area (Å²) in [5.74, 6) is -0.589. The molecule has 0 aliphatic carbocycles. The van der Waals surface area contributed by atoms with Crippen LogP contribution in [0.1, 0.15) is 12.0 Å². The minimum Gasteiger partial charge on any atom is -0.385 e. The van der Waals surface area contributed by atoms with Crippen molar-refractivity contribution in [2.45, 2.75) is 6.42 Å². The van der Waals surface area contributed by atoms with Crippen molar-refractivity contribution in [1.82, 2.24) is 5.32 Å². The fraction of sp³-hybridized carbons (Fsp3) is 0.167. The largest absolute Gasteiger partial charge is 0.385 e. The maximum Gasteiger partial charge on any atom is 0.244 e. The average Bonchev–Trinajstić information content (AvgIpc) is 2.56. The van der Waals surface area contributed by atoms with E-state index in [-0.39, 0.29) is 11.7 Å². The lowest BCUT2D eigenvalue weighted by Crippen LogP contribution is -2.23. The van der Waals surface area contributed by atoms with Gasteiger partial charge in [-0.15, -0.1) is 0 Å². The predicted molar refractivity (Wildman–Crippen MR) is 95.7 cm³/mol. The summed E-state index contributed by atoms with van der Waals surface area (Å²) >= 11 is 3.27. The molecule has 0 heterocycles. The lowest BCUT2D eigenvalue weighted by molar-refractivity contribution is -0.116. The highest BCUT2D eigenvalue weighted by atomic mass is 79.9. The number of amides is 1. The first-order valence-corrected chi connectivity index (χ1v) is 8.14. The second-order valence-electron chi connectivity index (χ2n) is 4.94. The third-order valence-corrected chi connectivity index (χ3v) is 3.62. The van der Waals surface area contributed by atoms with Crippen molar-refractivity contribution in [3.05, 3.63) is 70.5 Å². The molecule has 0 spiro atoms. The third kappa shape index (κ3) is 6.24. The monoisotopic (exact) mass is 376 g/mol. The van der Waals surface area contributed by atoms with Gasteiger partial charge in [0, 0.05) is 34.9 Å². The molecule has 1 amide bonds. The molecule has 0 aromatic heterocycles. The lowest BCUT2D eigenvalue weighted by Gasteiger charge is -2.06. The highest BCUT2D eigenvalue weighted by Gasteiger charge is 2.00. The van der Waals surface area contributed by atoms with Crippen LogP contribution in [0, 0.1) is 5.82 Å². The van der Waals surface area contributed by atoms with Gasteiger partial charge in [-0.1, -0.05) is 34.1 Å². The number of para-hydroxylation sites is 1. The Morgan fingerprint density at radius 1 is 1.13 bits per heavy atom. The van der Waals surface area contributed by atoms with Gasteiger partial charge in [0.2, 0.25) is 5.91 Å². The van der Waals surface area contributed by atoms with Gasteiger partial charge in [0.05, 0.1) is 0 Å². The molecule has 0 saturated heterocycles. The van der Waals surface area contributed by atoms with Gasteiger partial charge in [0.25, 0.3) is 0 Å². The molecule has 2 rings (SSSR count). The van der Waals surface area contributed by atoms with Crippen LogP contribution >= 0.6 is 15.9 Å². The number of hydrogen-bond donors (Lipinski definition) is 2. The van der Waals surface area contributed by atoms with Crippen LogP contribution in [0.3, 0.4) is 0 Å². The van der Waals surface area contributed by atoms with Gasteiger partial charge in [0.15, 0.2) is 0 Å². The van der Waals surface area contributed by atoms with E-state index in [9.17, 15) is 9.18 Å². The van der Waals surface area contributed by atoms with Crippen molar-refractivity contribution in [3.63, 3.8) is 0 Å². The highest BCUT2D eigenvalue weighted by Crippen LogP contribution is 2.16. The summed E-state index contributed by atoms with van der Waals surface area (Å²) in [6.45, 7) is 1.33. The van der Waals surface area contributed by atoms with Crippen molar-refractivity contribution >= 4 is 33.6 Å². The number of carbonyl (C=O) groups excluding carboxylic acids is 1. The maximum atomic E-state index is 13.5. The Hall–Kier alpha value is -2.14. The van der Waals surface area contributed by atoms with Crippen molar-refractivity contribution < 1.29 is 9.18 Å². The molecule has 2 aromatic rings. The molecule has 5 heteroatoms. The number of benzene rings is 2. The van der Waals surface area contributed by atoms with Crippen LogP contribution < -0.4 is 10.6 Å². The van der Waals surface area contributed by atoms with Crippen molar-refractivity contribution in [2.24, 2.45) is 0 Å². The SMILES string of the molecule is O=C(/C=C/c1cc(Br)ccc1F)NCCCNc1ccccc1. The van der Waals surface area contributed by atoms with Gasteiger partial charge < -0.3 is 10.6 Å². The molecule has 0 aliphatic heterocycles. The summed E-state index contributed by atoms with van der Waals surface area (Å²) in [4.78, 5) is 11.7. The molecule has 2 aromatic carbocycles. The van der Waals surface area contributed by atoms with Crippen LogP contribution in [0.15, 0.2) is 59.1 Å². The fourth-order valence-corrected chi connectivity index (χ4v) is 2.33. The van der Waals surface area contributed by atoms with E-state index < -0.39 is 0 Å². The summed E-state index contributed by atoms with van der Waals surface area (Å²) < 4.78 is 14.3. The zero-order chi connectivity index (χ0) is 16.5. The number of anilines is 1. The first-order chi connectivity index (χ1) is 11.1. The van der Waals surface area contributed by atoms with Gasteiger partial charge in [-0.25, -0.2) is 4.39 Å². The van der Waals surface area contributed by atoms with Crippen LogP contribution in [-0.4, -0.2) is 19.0 Å². The molecule has 2 N–H and O–H groups in total. The van der Waals surface area contributed by atoms with E-state index in [2.05, 4.69) is 26.6 Å². The summed E-state index contributed by atoms with van der Waals surface area (Å²) in [5, 5.41) is 6.04. The van der Waals surface area contributed by atoms with Gasteiger partial charge >= 0.3 is 0 Å². The van der Waals surface area contributed by atoms with Crippen LogP contribution in [0.5, 0.6) is 0 Å². The predicted octanol–water partition coefficient (Wildman–Crippen LogP) is 4.22. The molecule has 0 radical (unpaired) electrons. The number of nitrogens with one attached hydrogen (secondary N) is 2. The molecule has 3 nitrogen and oxygen atoms in total. The minimum absolute atomic E-state index is 0.232. The first-order valence-electron chi connectivity index (χ1n) is 7.35. The highest BCUT2D eigenvalue weighted by molar-refractivity contribution is 9.10. The Labute approximate surface area is 143 Å². The molecule has 23 heavy (non-hydrogen) atoms. The van der Waals surface area contributed by atoms with Crippen LogP contribution in [0.4, 0.5) is 10.1 Å². The smallest absolute Gasteiger partial charge is 0.244 e. The van der Waals surface area contributed by atoms with Gasteiger partial charge in [-0.2, -0.15) is 0 Å². The number of hydrogen-bond acceptors (Lipinski definition) is 2. The molecule has 0 bridgehead atoms. The standard InChI is InChI=1S/C18H18BrFN2O/c19-15-8-9-17(20)14(13-15)7-10-18(23)22-12-4-11-21-16-5-2-1-3-6-16/h1-3,5-10,13,21H,4,11-12H2,(H,22,23)/b10-7+. The summed E-state index contributed by atoms with van der Waals surface area (Å²) in [6.07, 6.45) is 3.62. The quantitative estimate of drug-likeness (QED) is 0.560. The minimum atomic E-state index is -0.357. The van der Waals surface area contributed by atoms with Crippen LogP contribution in [0.2, 0.25) is 0 Å². The summed E-state index contributed by atoms with van der Waals surface area (Å²) in [7, 11) is 0. The van der Waals surface area contributed by atoms with E-state index in [1.165, 1.54) is 18.2 Å². The van der Waals surface area contributed by atoms with Crippen molar-refractivity contribution in [1.29, 1.82) is 0 Å². The zero-order valence-electron chi connectivity index (χ0n) is 12.6. The Bertz CT molecular complexity index is 674. The number of carbonyl (C=O) groups is 1. The second-order valence-corrected chi connectivity index (χ2v) is 5.85. The van der Waals surface area contributed by atoms with Crippen LogP contribution in [0.25, 0.3) is 6.08 Å². The molecule has 0 atom stereocenters. The van der Waals surface area contributed by atoms with E-state index in [4.69, 9.17) is 0 Å². The molecular weight excluding hydrogens is 359 g/mol. The van der Waals surface area contributed by atoms with Crippen LogP contribution in [-0.2, 0) is 4.79 Å². The molecule has 0 unspecified atom stereocenters. The Kier molecular flexibility index (Phi) is 6.81. The van der Waals surface area contributed by atoms with E-state index >= 15 is 0 Å². The molecule has 0 fully saturated rings. The molecule has 0 aliphatic rings. The normalized spacial score (nSPS) is 10.7. The first kappa shape index (κ1) is 17.2. The van der Waals surface area contributed by atoms with Crippen molar-refractivity contribution in [2.75, 3.05) is 18.4 Å². The Morgan fingerprint density at radius 2 is 1.91 bits per heavy atom. The molecule has 0 saturated carbocycles. The molecule has 120 valence electrons. The molecular formula is C18H18BrFN2O. The van der Waals surface area contributed by atoms with Gasteiger partial charge in [-0.05, 0) is 42.8 Å². The lowest BCUT2D eigenvalue weighted by atomic mass is 10.2. The summed E-state index contributed by atoms with van der Waals surface area (Å²) in [5.41, 5.74) is 1.43. The fourth-order valence-electron chi connectivity index (χ4n) is 1.96. The Balaban J connectivity index is 1.69. The Morgan fingerprint density at radius 3 is 2.70 bits per heavy atom. The number of halogens is 2. The van der Waals surface area contributed by atoms with E-state index in [1.807, 2.05) is 30.3 Å². The second kappa shape index (κ2) is 9.10. The van der Waals surface area contributed by atoms with E-state index in [0.717, 1.165) is 23.1 Å². The topological polar surface area (TPSA) is 41.1 Å². The van der Waals surface area contributed by atoms with E-state index in [1.54, 1.807) is 12.1 Å². The van der Waals surface area contributed by atoms with Crippen molar-refractivity contribution in [3.8, 4) is 0 Å². The third-order valence-electron chi connectivity index (χ3n) is 3.13. The van der Waals surface area contributed by atoms with Gasteiger partial charge in [-0.3, -0.25) is 4.79 Å². The maximum absolute atomic E-state index is 13.5. The zero-order valence-corrected chi connectivity index (χ0v) is 14.1. The van der Waals surface area contributed by atoms with E-state index in [0.29, 0.717) is 12.1 Å². The number of rotatable bonds is 7.